The van der Waals surface area contributed by atoms with Crippen LogP contribution in [-0.2, 0) is 9.59 Å². The molecule has 0 fully saturated rings. The second-order valence-corrected chi connectivity index (χ2v) is 4.97. The van der Waals surface area contributed by atoms with E-state index in [2.05, 4.69) is 13.2 Å². The lowest BCUT2D eigenvalue weighted by Crippen LogP contribution is -2.40. The first-order valence-electron chi connectivity index (χ1n) is 5.35. The number of hydrogen-bond donors (Lipinski definition) is 0. The van der Waals surface area contributed by atoms with E-state index < -0.39 is 5.41 Å². The number of allylic oxidation sites excluding steroid dienone is 2. The maximum Gasteiger partial charge on any atom is 0.191 e. The summed E-state index contributed by atoms with van der Waals surface area (Å²) in [6, 6.07) is 0. The average molecular weight is 238 g/mol. The molecule has 4 nitrogen and oxygen atoms in total. The predicted molar refractivity (Wildman–Crippen MR) is 69.4 cm³/mol. The third-order valence-corrected chi connectivity index (χ3v) is 2.74. The van der Waals surface area contributed by atoms with Crippen molar-refractivity contribution in [2.45, 2.75) is 13.8 Å². The Balaban J connectivity index is 5.15. The molecule has 0 bridgehead atoms. The molecular formula is C13H22N2O2. The Morgan fingerprint density at radius 3 is 1.24 bits per heavy atom. The number of hydrogen-bond acceptors (Lipinski definition) is 4. The van der Waals surface area contributed by atoms with Crippen LogP contribution >= 0.6 is 0 Å². The standard InChI is InChI=1S/C13H22N2O2/c1-9(14(5)6)11(16)13(3,4)12(17)10(2)15(7)8/h1-2H2,3-8H3. The molecule has 0 rings (SSSR count). The van der Waals surface area contributed by atoms with E-state index in [1.54, 1.807) is 51.8 Å². The first-order valence-corrected chi connectivity index (χ1v) is 5.35. The molecule has 4 heteroatoms. The maximum atomic E-state index is 12.2. The fraction of sp³-hybridized carbons (Fsp3) is 0.538. The fourth-order valence-electron chi connectivity index (χ4n) is 1.23. The second-order valence-electron chi connectivity index (χ2n) is 4.97. The first-order chi connectivity index (χ1) is 7.53. The van der Waals surface area contributed by atoms with E-state index in [0.29, 0.717) is 11.4 Å². The third kappa shape index (κ3) is 3.19. The predicted octanol–water partition coefficient (Wildman–Crippen LogP) is 1.30. The van der Waals surface area contributed by atoms with Gasteiger partial charge in [-0.3, -0.25) is 9.59 Å². The SMILES string of the molecule is C=C(C(=O)C(C)(C)C(=O)C(=C)N(C)C)N(C)C. The van der Waals surface area contributed by atoms with Crippen molar-refractivity contribution < 1.29 is 9.59 Å². The van der Waals surface area contributed by atoms with Gasteiger partial charge in [0, 0.05) is 28.2 Å². The van der Waals surface area contributed by atoms with Crippen LogP contribution in [-0.4, -0.2) is 49.6 Å². The quantitative estimate of drug-likeness (QED) is 0.516. The number of carbonyl (C=O) groups is 2. The molecule has 0 aliphatic rings. The van der Waals surface area contributed by atoms with Crippen LogP contribution in [0.3, 0.4) is 0 Å². The van der Waals surface area contributed by atoms with Crippen LogP contribution in [0.15, 0.2) is 24.6 Å². The molecule has 0 unspecified atom stereocenters. The summed E-state index contributed by atoms with van der Waals surface area (Å²) in [7, 11) is 6.90. The van der Waals surface area contributed by atoms with Gasteiger partial charge in [0.15, 0.2) is 11.6 Å². The number of rotatable bonds is 6. The van der Waals surface area contributed by atoms with E-state index in [4.69, 9.17) is 0 Å². The van der Waals surface area contributed by atoms with Gasteiger partial charge in [0.05, 0.1) is 16.8 Å². The van der Waals surface area contributed by atoms with E-state index in [9.17, 15) is 9.59 Å². The van der Waals surface area contributed by atoms with Gasteiger partial charge in [-0.25, -0.2) is 0 Å². The van der Waals surface area contributed by atoms with Crippen LogP contribution in [0.1, 0.15) is 13.8 Å². The Morgan fingerprint density at radius 2 is 1.06 bits per heavy atom. The average Bonchev–Trinajstić information content (AvgIpc) is 2.24. The molecule has 0 aromatic heterocycles. The smallest absolute Gasteiger partial charge is 0.191 e. The zero-order chi connectivity index (χ0) is 14.0. The van der Waals surface area contributed by atoms with Crippen molar-refractivity contribution in [3.8, 4) is 0 Å². The summed E-state index contributed by atoms with van der Waals surface area (Å²) >= 11 is 0. The summed E-state index contributed by atoms with van der Waals surface area (Å²) in [5.41, 5.74) is -0.507. The molecule has 0 spiro atoms. The molecule has 0 saturated heterocycles. The van der Waals surface area contributed by atoms with Crippen LogP contribution < -0.4 is 0 Å². The highest BCUT2D eigenvalue weighted by atomic mass is 16.2. The molecule has 0 aromatic rings. The molecule has 0 N–H and O–H groups in total. The van der Waals surface area contributed by atoms with Gasteiger partial charge in [0.25, 0.3) is 0 Å². The Kier molecular flexibility index (Phi) is 4.69. The Bertz CT molecular complexity index is 332. The molecule has 0 saturated carbocycles. The van der Waals surface area contributed by atoms with Crippen molar-refractivity contribution >= 4 is 11.6 Å². The molecule has 0 atom stereocenters. The second kappa shape index (κ2) is 5.17. The molecular weight excluding hydrogens is 216 g/mol. The molecule has 0 aliphatic heterocycles. The molecule has 0 heterocycles. The molecule has 0 amide bonds. The summed E-state index contributed by atoms with van der Waals surface area (Å²) < 4.78 is 0. The summed E-state index contributed by atoms with van der Waals surface area (Å²) in [5.74, 6) is -0.564. The van der Waals surface area contributed by atoms with Gasteiger partial charge in [0.2, 0.25) is 0 Å². The Hall–Kier alpha value is -1.58. The highest BCUT2D eigenvalue weighted by molar-refractivity contribution is 6.17. The van der Waals surface area contributed by atoms with Crippen molar-refractivity contribution in [2.75, 3.05) is 28.2 Å². The minimum Gasteiger partial charge on any atom is -0.375 e. The highest BCUT2D eigenvalue weighted by Crippen LogP contribution is 2.26. The fourth-order valence-corrected chi connectivity index (χ4v) is 1.23. The Morgan fingerprint density at radius 1 is 0.824 bits per heavy atom. The van der Waals surface area contributed by atoms with Crippen molar-refractivity contribution in [3.05, 3.63) is 24.6 Å². The maximum absolute atomic E-state index is 12.2. The minimum atomic E-state index is -1.14. The lowest BCUT2D eigenvalue weighted by molar-refractivity contribution is -0.135. The van der Waals surface area contributed by atoms with E-state index >= 15 is 0 Å². The third-order valence-electron chi connectivity index (χ3n) is 2.74. The van der Waals surface area contributed by atoms with Gasteiger partial charge in [-0.2, -0.15) is 0 Å². The summed E-state index contributed by atoms with van der Waals surface area (Å²) in [6.07, 6.45) is 0. The van der Waals surface area contributed by atoms with Crippen molar-refractivity contribution in [3.63, 3.8) is 0 Å². The molecule has 17 heavy (non-hydrogen) atoms. The number of carbonyl (C=O) groups excluding carboxylic acids is 2. The first kappa shape index (κ1) is 15.4. The Labute approximate surface area is 104 Å². The van der Waals surface area contributed by atoms with Gasteiger partial charge in [-0.05, 0) is 13.8 Å². The lowest BCUT2D eigenvalue weighted by Gasteiger charge is -2.28. The molecule has 96 valence electrons. The van der Waals surface area contributed by atoms with Gasteiger partial charge in [-0.15, -0.1) is 0 Å². The van der Waals surface area contributed by atoms with E-state index in [0.717, 1.165) is 0 Å². The number of ketones is 2. The summed E-state index contributed by atoms with van der Waals surface area (Å²) in [5, 5.41) is 0. The van der Waals surface area contributed by atoms with Gasteiger partial charge < -0.3 is 9.80 Å². The normalized spacial score (nSPS) is 10.7. The topological polar surface area (TPSA) is 40.6 Å². The number of likely N-dealkylation sites (N-methyl/N-ethyl adjacent to an activating group) is 2. The summed E-state index contributed by atoms with van der Waals surface area (Å²) in [6.45, 7) is 10.6. The number of Topliss-reactive ketones (excluding diaryl/α,β-unsaturated/α-hetero) is 2. The van der Waals surface area contributed by atoms with Gasteiger partial charge >= 0.3 is 0 Å². The monoisotopic (exact) mass is 238 g/mol. The van der Waals surface area contributed by atoms with Crippen LogP contribution in [0.25, 0.3) is 0 Å². The minimum absolute atomic E-state index is 0.282. The van der Waals surface area contributed by atoms with Gasteiger partial charge in [-0.1, -0.05) is 13.2 Å². The zero-order valence-electron chi connectivity index (χ0n) is 11.6. The van der Waals surface area contributed by atoms with E-state index in [1.807, 2.05) is 0 Å². The van der Waals surface area contributed by atoms with Crippen molar-refractivity contribution in [2.24, 2.45) is 5.41 Å². The van der Waals surface area contributed by atoms with Crippen LogP contribution in [0.5, 0.6) is 0 Å². The summed E-state index contributed by atoms with van der Waals surface area (Å²) in [4.78, 5) is 27.5. The van der Waals surface area contributed by atoms with E-state index in [1.165, 1.54) is 0 Å². The van der Waals surface area contributed by atoms with Crippen LogP contribution in [0, 0.1) is 5.41 Å². The lowest BCUT2D eigenvalue weighted by atomic mass is 9.80. The molecule has 0 aliphatic carbocycles. The van der Waals surface area contributed by atoms with Crippen molar-refractivity contribution in [1.29, 1.82) is 0 Å². The van der Waals surface area contributed by atoms with E-state index in [-0.39, 0.29) is 11.6 Å². The number of nitrogens with zero attached hydrogens (tertiary/aromatic N) is 2. The molecule has 0 aromatic carbocycles. The van der Waals surface area contributed by atoms with Crippen molar-refractivity contribution in [1.82, 2.24) is 9.80 Å². The van der Waals surface area contributed by atoms with Gasteiger partial charge in [0.1, 0.15) is 0 Å². The largest absolute Gasteiger partial charge is 0.375 e. The highest BCUT2D eigenvalue weighted by Gasteiger charge is 2.39. The van der Waals surface area contributed by atoms with Crippen LogP contribution in [0.2, 0.25) is 0 Å². The van der Waals surface area contributed by atoms with Crippen LogP contribution in [0.4, 0.5) is 0 Å². The molecule has 0 radical (unpaired) electrons. The zero-order valence-corrected chi connectivity index (χ0v) is 11.6.